The van der Waals surface area contributed by atoms with Crippen LogP contribution in [0, 0.1) is 35.5 Å². The summed E-state index contributed by atoms with van der Waals surface area (Å²) in [6, 6.07) is 13.7. The zero-order chi connectivity index (χ0) is 22.0. The number of nitrogens with zero attached hydrogens (tertiary/aromatic N) is 1. The third kappa shape index (κ3) is 2.82. The Kier molecular flexibility index (Phi) is 4.25. The summed E-state index contributed by atoms with van der Waals surface area (Å²) in [6.07, 6.45) is 5.49. The number of ether oxygens (including phenoxy) is 2. The van der Waals surface area contributed by atoms with Gasteiger partial charge >= 0.3 is 0 Å². The first-order valence-corrected chi connectivity index (χ1v) is 11.0. The molecule has 2 aromatic rings. The molecule has 6 nitrogen and oxygen atoms in total. The van der Waals surface area contributed by atoms with Gasteiger partial charge in [0.25, 0.3) is 0 Å². The molecule has 2 bridgehead atoms. The number of ketones is 1. The van der Waals surface area contributed by atoms with Crippen LogP contribution in [0.5, 0.6) is 11.5 Å². The minimum absolute atomic E-state index is 0.0759. The van der Waals surface area contributed by atoms with Gasteiger partial charge in [0.15, 0.2) is 12.4 Å². The summed E-state index contributed by atoms with van der Waals surface area (Å²) in [5.74, 6) is 2.07. The number of carbonyl (C=O) groups excluding carboxylic acids is 3. The quantitative estimate of drug-likeness (QED) is 0.399. The van der Waals surface area contributed by atoms with Crippen molar-refractivity contribution in [3.05, 3.63) is 66.2 Å². The monoisotopic (exact) mass is 429 g/mol. The van der Waals surface area contributed by atoms with Crippen LogP contribution in [0.25, 0.3) is 0 Å². The highest BCUT2D eigenvalue weighted by atomic mass is 16.5. The predicted octanol–water partition coefficient (Wildman–Crippen LogP) is 3.51. The number of anilines is 1. The fourth-order valence-electron chi connectivity index (χ4n) is 5.91. The molecule has 7 rings (SSSR count). The number of allylic oxidation sites excluding steroid dienone is 2. The molecule has 0 aromatic heterocycles. The Morgan fingerprint density at radius 2 is 1.44 bits per heavy atom. The molecule has 1 aliphatic heterocycles. The molecular formula is C26H23NO5. The number of benzene rings is 2. The molecule has 5 aliphatic rings. The van der Waals surface area contributed by atoms with E-state index in [1.54, 1.807) is 55.6 Å². The van der Waals surface area contributed by atoms with Crippen molar-refractivity contribution in [1.29, 1.82) is 0 Å². The van der Waals surface area contributed by atoms with E-state index in [0.29, 0.717) is 34.6 Å². The second-order valence-corrected chi connectivity index (χ2v) is 9.10. The van der Waals surface area contributed by atoms with Crippen molar-refractivity contribution in [3.63, 3.8) is 0 Å². The van der Waals surface area contributed by atoms with Crippen molar-refractivity contribution >= 4 is 23.3 Å². The van der Waals surface area contributed by atoms with Gasteiger partial charge in [0.2, 0.25) is 11.8 Å². The molecule has 0 radical (unpaired) electrons. The fraction of sp³-hybridized carbons (Fsp3) is 0.346. The summed E-state index contributed by atoms with van der Waals surface area (Å²) >= 11 is 0. The Morgan fingerprint density at radius 3 is 2.00 bits per heavy atom. The smallest absolute Gasteiger partial charge is 0.238 e. The highest BCUT2D eigenvalue weighted by Crippen LogP contribution is 2.65. The summed E-state index contributed by atoms with van der Waals surface area (Å²) in [4.78, 5) is 40.1. The highest BCUT2D eigenvalue weighted by Gasteiger charge is 2.67. The maximum absolute atomic E-state index is 13.2. The van der Waals surface area contributed by atoms with Gasteiger partial charge in [-0.3, -0.25) is 19.3 Å². The maximum Gasteiger partial charge on any atom is 0.238 e. The largest absolute Gasteiger partial charge is 0.497 e. The Balaban J connectivity index is 1.14. The standard InChI is InChI=1S/C26H23NO5/c1-31-16-6-2-14(3-7-16)22(28)13-32-17-8-4-15(5-9-17)27-25(29)23-18-10-11-19(21-12-20(18)21)24(23)26(27)30/h2-11,18-21,23-24H,12-13H2,1H3/t18-,19-,20-,21-,23-,24+/m0/s1. The first-order chi connectivity index (χ1) is 15.6. The number of methoxy groups -OCH3 is 1. The number of hydrogen-bond donors (Lipinski definition) is 0. The van der Waals surface area contributed by atoms with Crippen molar-refractivity contribution in [3.8, 4) is 11.5 Å². The third-order valence-electron chi connectivity index (χ3n) is 7.54. The van der Waals surface area contributed by atoms with Crippen LogP contribution in [0.2, 0.25) is 0 Å². The molecule has 162 valence electrons. The molecule has 6 heteroatoms. The van der Waals surface area contributed by atoms with E-state index in [1.165, 1.54) is 4.90 Å². The van der Waals surface area contributed by atoms with E-state index in [4.69, 9.17) is 9.47 Å². The lowest BCUT2D eigenvalue weighted by atomic mass is 9.63. The van der Waals surface area contributed by atoms with E-state index < -0.39 is 0 Å². The number of Topliss-reactive ketones (excluding diaryl/α,β-unsaturated/α-hetero) is 1. The van der Waals surface area contributed by atoms with Crippen molar-refractivity contribution in [2.75, 3.05) is 18.6 Å². The lowest BCUT2D eigenvalue weighted by Gasteiger charge is -2.37. The summed E-state index contributed by atoms with van der Waals surface area (Å²) in [7, 11) is 1.57. The molecule has 4 aliphatic carbocycles. The summed E-state index contributed by atoms with van der Waals surface area (Å²) in [5, 5.41) is 0. The molecule has 2 amide bonds. The second-order valence-electron chi connectivity index (χ2n) is 9.10. The molecule has 6 atom stereocenters. The summed E-state index contributed by atoms with van der Waals surface area (Å²) in [6.45, 7) is -0.102. The maximum atomic E-state index is 13.2. The van der Waals surface area contributed by atoms with Gasteiger partial charge in [0.05, 0.1) is 24.6 Å². The number of rotatable bonds is 6. The predicted molar refractivity (Wildman–Crippen MR) is 116 cm³/mol. The van der Waals surface area contributed by atoms with E-state index in [1.807, 2.05) is 0 Å². The van der Waals surface area contributed by atoms with E-state index in [9.17, 15) is 14.4 Å². The van der Waals surface area contributed by atoms with Crippen molar-refractivity contribution < 1.29 is 23.9 Å². The van der Waals surface area contributed by atoms with Crippen LogP contribution in [-0.4, -0.2) is 31.3 Å². The van der Waals surface area contributed by atoms with Crippen LogP contribution in [0.1, 0.15) is 16.8 Å². The Morgan fingerprint density at radius 1 is 0.875 bits per heavy atom. The third-order valence-corrected chi connectivity index (χ3v) is 7.54. The van der Waals surface area contributed by atoms with Crippen LogP contribution in [0.3, 0.4) is 0 Å². The topological polar surface area (TPSA) is 72.9 Å². The second kappa shape index (κ2) is 7.05. The molecular weight excluding hydrogens is 406 g/mol. The molecule has 0 unspecified atom stereocenters. The van der Waals surface area contributed by atoms with Crippen LogP contribution in [0.15, 0.2) is 60.7 Å². The van der Waals surface area contributed by atoms with Crippen molar-refractivity contribution in [2.24, 2.45) is 35.5 Å². The van der Waals surface area contributed by atoms with E-state index in [2.05, 4.69) is 12.2 Å². The first kappa shape index (κ1) is 19.3. The van der Waals surface area contributed by atoms with Gasteiger partial charge in [-0.25, -0.2) is 0 Å². The Labute approximate surface area is 185 Å². The van der Waals surface area contributed by atoms with Gasteiger partial charge in [-0.1, -0.05) is 12.2 Å². The van der Waals surface area contributed by atoms with Crippen LogP contribution >= 0.6 is 0 Å². The fourth-order valence-corrected chi connectivity index (χ4v) is 5.91. The molecule has 2 saturated carbocycles. The Bertz CT molecular complexity index is 1100. The number of hydrogen-bond acceptors (Lipinski definition) is 5. The highest BCUT2D eigenvalue weighted by molar-refractivity contribution is 6.22. The van der Waals surface area contributed by atoms with E-state index in [0.717, 1.165) is 6.42 Å². The van der Waals surface area contributed by atoms with E-state index in [-0.39, 0.29) is 47.9 Å². The van der Waals surface area contributed by atoms with Gasteiger partial charge in [0, 0.05) is 5.56 Å². The Hall–Kier alpha value is -3.41. The molecule has 1 saturated heterocycles. The normalized spacial score (nSPS) is 31.3. The van der Waals surface area contributed by atoms with Gasteiger partial charge < -0.3 is 9.47 Å². The first-order valence-electron chi connectivity index (χ1n) is 11.0. The van der Waals surface area contributed by atoms with Crippen LogP contribution < -0.4 is 14.4 Å². The molecule has 0 N–H and O–H groups in total. The molecule has 32 heavy (non-hydrogen) atoms. The molecule has 1 heterocycles. The average Bonchev–Trinajstić information content (AvgIpc) is 3.61. The van der Waals surface area contributed by atoms with Crippen LogP contribution in [-0.2, 0) is 9.59 Å². The van der Waals surface area contributed by atoms with Gasteiger partial charge in [0.1, 0.15) is 11.5 Å². The van der Waals surface area contributed by atoms with Crippen LogP contribution in [0.4, 0.5) is 5.69 Å². The van der Waals surface area contributed by atoms with Gasteiger partial charge in [-0.15, -0.1) is 0 Å². The molecule has 3 fully saturated rings. The SMILES string of the molecule is COc1ccc(C(=O)COc2ccc(N3C(=O)[C@@H]4[C@H]5C=C[C@@H]([C@@H]6C[C@@H]56)[C@@H]4C3=O)cc2)cc1. The van der Waals surface area contributed by atoms with Crippen molar-refractivity contribution in [1.82, 2.24) is 0 Å². The number of imide groups is 1. The summed E-state index contributed by atoms with van der Waals surface area (Å²) < 4.78 is 10.7. The van der Waals surface area contributed by atoms with Gasteiger partial charge in [-0.05, 0) is 78.6 Å². The lowest BCUT2D eigenvalue weighted by molar-refractivity contribution is -0.124. The lowest BCUT2D eigenvalue weighted by Crippen LogP contribution is -2.40. The van der Waals surface area contributed by atoms with E-state index >= 15 is 0 Å². The average molecular weight is 429 g/mol. The number of carbonyl (C=O) groups is 3. The molecule has 0 spiro atoms. The number of amides is 2. The zero-order valence-electron chi connectivity index (χ0n) is 17.6. The van der Waals surface area contributed by atoms with Gasteiger partial charge in [-0.2, -0.15) is 0 Å². The van der Waals surface area contributed by atoms with Crippen molar-refractivity contribution in [2.45, 2.75) is 6.42 Å². The minimum Gasteiger partial charge on any atom is -0.497 e. The minimum atomic E-state index is -0.209. The summed E-state index contributed by atoms with van der Waals surface area (Å²) in [5.41, 5.74) is 1.11. The zero-order valence-corrected chi connectivity index (χ0v) is 17.6. The molecule has 2 aromatic carbocycles.